The zero-order chi connectivity index (χ0) is 12.0. The van der Waals surface area contributed by atoms with Crippen molar-refractivity contribution in [2.45, 2.75) is 18.4 Å². The molecule has 0 aromatic heterocycles. The second-order valence-corrected chi connectivity index (χ2v) is 5.22. The molecule has 4 heteroatoms. The van der Waals surface area contributed by atoms with Gasteiger partial charge in [0.05, 0.1) is 5.54 Å². The molecular formula is C13H16N2O2. The maximum atomic E-state index is 12.1. The van der Waals surface area contributed by atoms with Crippen molar-refractivity contribution in [1.29, 1.82) is 0 Å². The minimum atomic E-state index is -0.132. The Labute approximate surface area is 100 Å². The predicted molar refractivity (Wildman–Crippen MR) is 63.7 cm³/mol. The van der Waals surface area contributed by atoms with Gasteiger partial charge in [-0.25, -0.2) is 0 Å². The monoisotopic (exact) mass is 232 g/mol. The number of phenols is 1. The van der Waals surface area contributed by atoms with Crippen LogP contribution in [0.5, 0.6) is 5.75 Å². The third-order valence-electron chi connectivity index (χ3n) is 3.76. The first-order chi connectivity index (χ1) is 8.08. The van der Waals surface area contributed by atoms with Crippen molar-refractivity contribution in [2.24, 2.45) is 11.7 Å². The Balaban J connectivity index is 1.66. The van der Waals surface area contributed by atoms with Gasteiger partial charge in [-0.05, 0) is 43.0 Å². The van der Waals surface area contributed by atoms with Gasteiger partial charge in [0.1, 0.15) is 5.75 Å². The summed E-state index contributed by atoms with van der Waals surface area (Å²) in [6, 6.07) is 6.35. The third kappa shape index (κ3) is 1.78. The molecule has 1 aromatic carbocycles. The molecule has 1 aromatic rings. The van der Waals surface area contributed by atoms with E-state index < -0.39 is 0 Å². The highest BCUT2D eigenvalue weighted by Crippen LogP contribution is 2.43. The lowest BCUT2D eigenvalue weighted by Gasteiger charge is -2.48. The lowest BCUT2D eigenvalue weighted by molar-refractivity contribution is 0.0350. The fourth-order valence-electron chi connectivity index (χ4n) is 2.51. The molecule has 3 rings (SSSR count). The van der Waals surface area contributed by atoms with E-state index in [9.17, 15) is 4.79 Å². The van der Waals surface area contributed by atoms with Gasteiger partial charge in [-0.1, -0.05) is 0 Å². The molecule has 1 saturated carbocycles. The Morgan fingerprint density at radius 2 is 1.88 bits per heavy atom. The smallest absolute Gasteiger partial charge is 0.253 e. The number of phenolic OH excluding ortho intramolecular Hbond substituents is 1. The van der Waals surface area contributed by atoms with Gasteiger partial charge in [-0.2, -0.15) is 0 Å². The molecule has 0 unspecified atom stereocenters. The summed E-state index contributed by atoms with van der Waals surface area (Å²) >= 11 is 0. The fraction of sp³-hybridized carbons (Fsp3) is 0.462. The lowest BCUT2D eigenvalue weighted by Crippen LogP contribution is -2.69. The molecule has 1 aliphatic carbocycles. The van der Waals surface area contributed by atoms with Crippen LogP contribution in [0.3, 0.4) is 0 Å². The van der Waals surface area contributed by atoms with Crippen LogP contribution in [0.4, 0.5) is 0 Å². The Hall–Kier alpha value is -1.55. The number of hydrogen-bond donors (Lipinski definition) is 2. The van der Waals surface area contributed by atoms with E-state index in [2.05, 4.69) is 0 Å². The quantitative estimate of drug-likeness (QED) is 0.798. The number of amides is 1. The summed E-state index contributed by atoms with van der Waals surface area (Å²) in [5.74, 6) is 0.800. The zero-order valence-corrected chi connectivity index (χ0v) is 9.60. The van der Waals surface area contributed by atoms with Crippen LogP contribution >= 0.6 is 0 Å². The van der Waals surface area contributed by atoms with Crippen LogP contribution in [-0.2, 0) is 0 Å². The average Bonchev–Trinajstić information content (AvgIpc) is 3.09. The van der Waals surface area contributed by atoms with Crippen molar-refractivity contribution in [2.75, 3.05) is 13.1 Å². The van der Waals surface area contributed by atoms with Gasteiger partial charge in [0, 0.05) is 18.7 Å². The van der Waals surface area contributed by atoms with E-state index in [-0.39, 0.29) is 17.2 Å². The van der Waals surface area contributed by atoms with Crippen LogP contribution in [0.1, 0.15) is 23.2 Å². The summed E-state index contributed by atoms with van der Waals surface area (Å²) in [5, 5.41) is 9.17. The highest BCUT2D eigenvalue weighted by Gasteiger charge is 2.51. The lowest BCUT2D eigenvalue weighted by atomic mass is 9.85. The van der Waals surface area contributed by atoms with Crippen LogP contribution < -0.4 is 5.73 Å². The van der Waals surface area contributed by atoms with Gasteiger partial charge in [-0.15, -0.1) is 0 Å². The molecule has 1 saturated heterocycles. The number of benzene rings is 1. The molecule has 1 amide bonds. The molecule has 0 atom stereocenters. The summed E-state index contributed by atoms with van der Waals surface area (Å²) in [6.07, 6.45) is 2.41. The maximum absolute atomic E-state index is 12.1. The Kier molecular flexibility index (Phi) is 2.16. The first-order valence-corrected chi connectivity index (χ1v) is 5.96. The van der Waals surface area contributed by atoms with Crippen LogP contribution in [0.25, 0.3) is 0 Å². The highest BCUT2D eigenvalue weighted by atomic mass is 16.3. The number of nitrogens with zero attached hydrogens (tertiary/aromatic N) is 1. The van der Waals surface area contributed by atoms with Crippen molar-refractivity contribution in [3.05, 3.63) is 29.8 Å². The molecular weight excluding hydrogens is 216 g/mol. The number of rotatable bonds is 2. The number of aromatic hydroxyl groups is 1. The molecule has 3 N–H and O–H groups in total. The number of likely N-dealkylation sites (tertiary alicyclic amines) is 1. The molecule has 17 heavy (non-hydrogen) atoms. The largest absolute Gasteiger partial charge is 0.508 e. The second-order valence-electron chi connectivity index (χ2n) is 5.22. The Morgan fingerprint density at radius 1 is 1.29 bits per heavy atom. The van der Waals surface area contributed by atoms with E-state index in [1.54, 1.807) is 17.0 Å². The van der Waals surface area contributed by atoms with Crippen molar-refractivity contribution in [3.63, 3.8) is 0 Å². The predicted octanol–water partition coefficient (Wildman–Crippen LogP) is 0.955. The summed E-state index contributed by atoms with van der Waals surface area (Å²) in [6.45, 7) is 1.33. The topological polar surface area (TPSA) is 66.6 Å². The van der Waals surface area contributed by atoms with E-state index in [1.807, 2.05) is 0 Å². The van der Waals surface area contributed by atoms with Gasteiger partial charge in [-0.3, -0.25) is 4.79 Å². The summed E-state index contributed by atoms with van der Waals surface area (Å²) in [7, 11) is 0. The van der Waals surface area contributed by atoms with Crippen LogP contribution in [0.2, 0.25) is 0 Å². The minimum absolute atomic E-state index is 0.00623. The molecule has 0 bridgehead atoms. The molecule has 4 nitrogen and oxygen atoms in total. The summed E-state index contributed by atoms with van der Waals surface area (Å²) < 4.78 is 0. The molecule has 0 radical (unpaired) electrons. The van der Waals surface area contributed by atoms with E-state index in [1.165, 1.54) is 25.0 Å². The second kappa shape index (κ2) is 3.47. The minimum Gasteiger partial charge on any atom is -0.508 e. The zero-order valence-electron chi connectivity index (χ0n) is 9.60. The van der Waals surface area contributed by atoms with E-state index in [0.717, 1.165) is 0 Å². The summed E-state index contributed by atoms with van der Waals surface area (Å²) in [5.41, 5.74) is 6.68. The molecule has 0 spiro atoms. The molecule has 2 fully saturated rings. The van der Waals surface area contributed by atoms with Crippen LogP contribution in [0.15, 0.2) is 24.3 Å². The normalized spacial score (nSPS) is 22.1. The van der Waals surface area contributed by atoms with Gasteiger partial charge >= 0.3 is 0 Å². The first kappa shape index (κ1) is 10.6. The number of carbonyl (C=O) groups excluding carboxylic acids is 1. The Morgan fingerprint density at radius 3 is 2.41 bits per heavy atom. The maximum Gasteiger partial charge on any atom is 0.253 e. The molecule has 1 aliphatic heterocycles. The SMILES string of the molecule is NC1(C2CC2)CN(C(=O)c2ccc(O)cc2)C1. The van der Waals surface area contributed by atoms with E-state index in [4.69, 9.17) is 10.8 Å². The van der Waals surface area contributed by atoms with Crippen LogP contribution in [0, 0.1) is 5.92 Å². The van der Waals surface area contributed by atoms with Gasteiger partial charge in [0.15, 0.2) is 0 Å². The van der Waals surface area contributed by atoms with Crippen molar-refractivity contribution >= 4 is 5.91 Å². The van der Waals surface area contributed by atoms with Gasteiger partial charge < -0.3 is 15.7 Å². The molecule has 1 heterocycles. The molecule has 90 valence electrons. The van der Waals surface area contributed by atoms with Gasteiger partial charge in [0.25, 0.3) is 5.91 Å². The van der Waals surface area contributed by atoms with E-state index >= 15 is 0 Å². The van der Waals surface area contributed by atoms with E-state index in [0.29, 0.717) is 24.6 Å². The first-order valence-electron chi connectivity index (χ1n) is 5.96. The number of carbonyl (C=O) groups is 1. The number of hydrogen-bond acceptors (Lipinski definition) is 3. The van der Waals surface area contributed by atoms with Crippen molar-refractivity contribution in [3.8, 4) is 5.75 Å². The standard InChI is InChI=1S/C13H16N2O2/c14-13(10-3-4-10)7-15(8-13)12(17)9-1-5-11(16)6-2-9/h1-2,5-6,10,16H,3-4,7-8,14H2. The summed E-state index contributed by atoms with van der Waals surface area (Å²) in [4.78, 5) is 13.8. The third-order valence-corrected chi connectivity index (χ3v) is 3.76. The van der Waals surface area contributed by atoms with Gasteiger partial charge in [0.2, 0.25) is 0 Å². The Bertz CT molecular complexity index is 445. The number of nitrogens with two attached hydrogens (primary N) is 1. The fourth-order valence-corrected chi connectivity index (χ4v) is 2.51. The highest BCUT2D eigenvalue weighted by molar-refractivity contribution is 5.95. The molecule has 2 aliphatic rings. The average molecular weight is 232 g/mol. The van der Waals surface area contributed by atoms with Crippen molar-refractivity contribution < 1.29 is 9.90 Å². The van der Waals surface area contributed by atoms with Crippen molar-refractivity contribution in [1.82, 2.24) is 4.90 Å². The van der Waals surface area contributed by atoms with Crippen LogP contribution in [-0.4, -0.2) is 34.5 Å².